The van der Waals surface area contributed by atoms with Crippen molar-refractivity contribution < 1.29 is 9.53 Å². The molecule has 2 rings (SSSR count). The highest BCUT2D eigenvalue weighted by Crippen LogP contribution is 2.12. The van der Waals surface area contributed by atoms with Gasteiger partial charge in [-0.05, 0) is 13.8 Å². The molecule has 0 radical (unpaired) electrons. The molecule has 112 valence electrons. The molecule has 0 spiro atoms. The second kappa shape index (κ2) is 7.02. The highest BCUT2D eigenvalue weighted by Gasteiger charge is 2.30. The number of piperazine rings is 1. The molecule has 2 aliphatic rings. The minimum absolute atomic E-state index is 0.0394. The zero-order valence-corrected chi connectivity index (χ0v) is 12.4. The largest absolute Gasteiger partial charge is 0.378 e. The Hall–Kier alpha value is -1.16. The van der Waals surface area contributed by atoms with Crippen LogP contribution in [0, 0.1) is 11.3 Å². The van der Waals surface area contributed by atoms with Crippen LogP contribution in [-0.4, -0.2) is 85.2 Å². The van der Waals surface area contributed by atoms with Crippen LogP contribution in [-0.2, 0) is 9.53 Å². The van der Waals surface area contributed by atoms with E-state index in [1.54, 1.807) is 0 Å². The molecule has 2 atom stereocenters. The van der Waals surface area contributed by atoms with Crippen molar-refractivity contribution in [2.45, 2.75) is 25.9 Å². The van der Waals surface area contributed by atoms with E-state index in [1.165, 1.54) is 0 Å². The number of carbonyl (C=O) groups is 1. The van der Waals surface area contributed by atoms with E-state index >= 15 is 0 Å². The molecule has 2 unspecified atom stereocenters. The second-order valence-electron chi connectivity index (χ2n) is 5.49. The molecule has 0 aliphatic carbocycles. The van der Waals surface area contributed by atoms with Crippen molar-refractivity contribution in [3.8, 4) is 6.07 Å². The lowest BCUT2D eigenvalue weighted by molar-refractivity contribution is -0.141. The third kappa shape index (κ3) is 3.48. The van der Waals surface area contributed by atoms with Gasteiger partial charge in [-0.2, -0.15) is 5.26 Å². The normalized spacial score (nSPS) is 24.9. The Kier molecular flexibility index (Phi) is 5.35. The SMILES string of the molecule is CC(C#N)N1CCN(C(C)C(=O)N2CCOCC2)CC1. The summed E-state index contributed by atoms with van der Waals surface area (Å²) >= 11 is 0. The molecule has 0 aromatic carbocycles. The summed E-state index contributed by atoms with van der Waals surface area (Å²) in [7, 11) is 0. The molecule has 0 bridgehead atoms. The zero-order valence-electron chi connectivity index (χ0n) is 12.4. The number of carbonyl (C=O) groups excluding carboxylic acids is 1. The van der Waals surface area contributed by atoms with Gasteiger partial charge in [0.1, 0.15) is 0 Å². The van der Waals surface area contributed by atoms with Crippen LogP contribution < -0.4 is 0 Å². The van der Waals surface area contributed by atoms with Crippen LogP contribution in [0.3, 0.4) is 0 Å². The molecule has 2 fully saturated rings. The van der Waals surface area contributed by atoms with Gasteiger partial charge in [0.15, 0.2) is 0 Å². The van der Waals surface area contributed by atoms with Crippen molar-refractivity contribution in [1.82, 2.24) is 14.7 Å². The first kappa shape index (κ1) is 15.2. The third-order valence-corrected chi connectivity index (χ3v) is 4.31. The van der Waals surface area contributed by atoms with E-state index in [0.29, 0.717) is 26.3 Å². The average Bonchev–Trinajstić information content (AvgIpc) is 2.53. The van der Waals surface area contributed by atoms with Crippen molar-refractivity contribution in [2.24, 2.45) is 0 Å². The summed E-state index contributed by atoms with van der Waals surface area (Å²) in [4.78, 5) is 18.7. The van der Waals surface area contributed by atoms with Crippen molar-refractivity contribution in [3.05, 3.63) is 0 Å². The van der Waals surface area contributed by atoms with Crippen molar-refractivity contribution in [2.75, 3.05) is 52.5 Å². The van der Waals surface area contributed by atoms with Gasteiger partial charge in [-0.1, -0.05) is 0 Å². The Morgan fingerprint density at radius 1 is 1.05 bits per heavy atom. The number of hydrogen-bond acceptors (Lipinski definition) is 5. The Labute approximate surface area is 120 Å². The molecule has 0 N–H and O–H groups in total. The topological polar surface area (TPSA) is 59.8 Å². The number of rotatable bonds is 3. The smallest absolute Gasteiger partial charge is 0.239 e. The molecule has 0 aromatic heterocycles. The molecule has 2 heterocycles. The Morgan fingerprint density at radius 3 is 2.15 bits per heavy atom. The molecular formula is C14H24N4O2. The van der Waals surface area contributed by atoms with Crippen molar-refractivity contribution in [1.29, 1.82) is 5.26 Å². The van der Waals surface area contributed by atoms with Gasteiger partial charge in [0.25, 0.3) is 0 Å². The van der Waals surface area contributed by atoms with E-state index in [1.807, 2.05) is 18.7 Å². The van der Waals surface area contributed by atoms with Gasteiger partial charge >= 0.3 is 0 Å². The summed E-state index contributed by atoms with van der Waals surface area (Å²) < 4.78 is 5.28. The molecular weight excluding hydrogens is 256 g/mol. The number of morpholine rings is 1. The maximum absolute atomic E-state index is 12.4. The molecule has 0 saturated carbocycles. The quantitative estimate of drug-likeness (QED) is 0.714. The molecule has 6 nitrogen and oxygen atoms in total. The van der Waals surface area contributed by atoms with Gasteiger partial charge in [0, 0.05) is 39.3 Å². The highest BCUT2D eigenvalue weighted by molar-refractivity contribution is 5.81. The van der Waals surface area contributed by atoms with Gasteiger partial charge in [-0.25, -0.2) is 0 Å². The minimum atomic E-state index is -0.0763. The fraction of sp³-hybridized carbons (Fsp3) is 0.857. The van der Waals surface area contributed by atoms with E-state index < -0.39 is 0 Å². The predicted octanol–water partition coefficient (Wildman–Crippen LogP) is -0.237. The van der Waals surface area contributed by atoms with Crippen LogP contribution >= 0.6 is 0 Å². The Bertz CT molecular complexity index is 368. The molecule has 2 aliphatic heterocycles. The van der Waals surface area contributed by atoms with Crippen LogP contribution in [0.15, 0.2) is 0 Å². The van der Waals surface area contributed by atoms with E-state index in [2.05, 4.69) is 15.9 Å². The van der Waals surface area contributed by atoms with Gasteiger partial charge in [0.2, 0.25) is 5.91 Å². The highest BCUT2D eigenvalue weighted by atomic mass is 16.5. The van der Waals surface area contributed by atoms with Crippen LogP contribution in [0.25, 0.3) is 0 Å². The lowest BCUT2D eigenvalue weighted by atomic mass is 10.1. The van der Waals surface area contributed by atoms with E-state index in [4.69, 9.17) is 10.00 Å². The van der Waals surface area contributed by atoms with Gasteiger partial charge < -0.3 is 9.64 Å². The molecule has 6 heteroatoms. The fourth-order valence-electron chi connectivity index (χ4n) is 2.80. The Balaban J connectivity index is 1.83. The third-order valence-electron chi connectivity index (χ3n) is 4.31. The molecule has 2 saturated heterocycles. The number of ether oxygens (including phenoxy) is 1. The van der Waals surface area contributed by atoms with Gasteiger partial charge in [-0.3, -0.25) is 14.6 Å². The summed E-state index contributed by atoms with van der Waals surface area (Å²) in [5.74, 6) is 0.204. The maximum Gasteiger partial charge on any atom is 0.239 e. The zero-order chi connectivity index (χ0) is 14.5. The van der Waals surface area contributed by atoms with Crippen molar-refractivity contribution in [3.63, 3.8) is 0 Å². The van der Waals surface area contributed by atoms with Gasteiger partial charge in [0.05, 0.1) is 31.4 Å². The van der Waals surface area contributed by atoms with Crippen LogP contribution in [0.4, 0.5) is 0 Å². The summed E-state index contributed by atoms with van der Waals surface area (Å²) in [6, 6.07) is 2.16. The molecule has 1 amide bonds. The lowest BCUT2D eigenvalue weighted by Crippen LogP contribution is -2.56. The van der Waals surface area contributed by atoms with Crippen LogP contribution in [0.2, 0.25) is 0 Å². The standard InChI is InChI=1S/C14H24N4O2/c1-12(11-15)16-3-5-17(6-4-16)13(2)14(19)18-7-9-20-10-8-18/h12-13H,3-10H2,1-2H3. The first-order valence-corrected chi connectivity index (χ1v) is 7.37. The van der Waals surface area contributed by atoms with E-state index in [-0.39, 0.29) is 18.0 Å². The maximum atomic E-state index is 12.4. The molecule has 20 heavy (non-hydrogen) atoms. The first-order chi connectivity index (χ1) is 9.63. The monoisotopic (exact) mass is 280 g/mol. The Morgan fingerprint density at radius 2 is 1.60 bits per heavy atom. The minimum Gasteiger partial charge on any atom is -0.378 e. The van der Waals surface area contributed by atoms with Gasteiger partial charge in [-0.15, -0.1) is 0 Å². The summed E-state index contributed by atoms with van der Waals surface area (Å²) in [6.07, 6.45) is 0. The van der Waals surface area contributed by atoms with E-state index in [0.717, 1.165) is 26.2 Å². The van der Waals surface area contributed by atoms with Crippen LogP contribution in [0.1, 0.15) is 13.8 Å². The number of nitrogens with zero attached hydrogens (tertiary/aromatic N) is 4. The second-order valence-corrected chi connectivity index (χ2v) is 5.49. The predicted molar refractivity (Wildman–Crippen MR) is 75.1 cm³/mol. The summed E-state index contributed by atoms with van der Waals surface area (Å²) in [6.45, 7) is 10.0. The van der Waals surface area contributed by atoms with Crippen molar-refractivity contribution >= 4 is 5.91 Å². The van der Waals surface area contributed by atoms with Crippen LogP contribution in [0.5, 0.6) is 0 Å². The fourth-order valence-corrected chi connectivity index (χ4v) is 2.80. The number of nitriles is 1. The summed E-state index contributed by atoms with van der Waals surface area (Å²) in [5.41, 5.74) is 0. The number of hydrogen-bond donors (Lipinski definition) is 0. The molecule has 0 aromatic rings. The number of amides is 1. The van der Waals surface area contributed by atoms with E-state index in [9.17, 15) is 4.79 Å². The first-order valence-electron chi connectivity index (χ1n) is 7.37. The summed E-state index contributed by atoms with van der Waals surface area (Å²) in [5, 5.41) is 8.94. The lowest BCUT2D eigenvalue weighted by Gasteiger charge is -2.40. The average molecular weight is 280 g/mol.